The van der Waals surface area contributed by atoms with Crippen LogP contribution in [0.3, 0.4) is 0 Å². The van der Waals surface area contributed by atoms with E-state index in [2.05, 4.69) is 17.4 Å². The Balaban J connectivity index is 1.59. The molecule has 0 radical (unpaired) electrons. The number of hydrogen-bond donors (Lipinski definition) is 2. The summed E-state index contributed by atoms with van der Waals surface area (Å²) in [6.07, 6.45) is 1.44. The van der Waals surface area contributed by atoms with Gasteiger partial charge in [-0.3, -0.25) is 4.79 Å². The van der Waals surface area contributed by atoms with Gasteiger partial charge < -0.3 is 25.0 Å². The van der Waals surface area contributed by atoms with Crippen molar-refractivity contribution in [2.75, 3.05) is 32.9 Å². The summed E-state index contributed by atoms with van der Waals surface area (Å²) in [7, 11) is 0. The molecule has 0 unspecified atom stereocenters. The first-order valence-electron chi connectivity index (χ1n) is 10.6. The van der Waals surface area contributed by atoms with Gasteiger partial charge in [0.2, 0.25) is 5.91 Å². The highest BCUT2D eigenvalue weighted by Gasteiger charge is 2.68. The monoisotopic (exact) mass is 401 g/mol. The van der Waals surface area contributed by atoms with Crippen LogP contribution < -0.4 is 5.32 Å². The Labute approximate surface area is 172 Å². The van der Waals surface area contributed by atoms with Crippen LogP contribution >= 0.6 is 0 Å². The van der Waals surface area contributed by atoms with Crippen molar-refractivity contribution in [1.82, 2.24) is 15.1 Å². The van der Waals surface area contributed by atoms with E-state index in [1.165, 1.54) is 0 Å². The van der Waals surface area contributed by atoms with Gasteiger partial charge in [-0.2, -0.15) is 0 Å². The summed E-state index contributed by atoms with van der Waals surface area (Å²) >= 11 is 0. The van der Waals surface area contributed by atoms with Crippen molar-refractivity contribution in [1.29, 1.82) is 0 Å². The third kappa shape index (κ3) is 3.40. The summed E-state index contributed by atoms with van der Waals surface area (Å²) in [6, 6.07) is 9.79. The molecular formula is C22H31N3O4. The number of amides is 3. The minimum absolute atomic E-state index is 0.0283. The van der Waals surface area contributed by atoms with Crippen molar-refractivity contribution in [3.63, 3.8) is 0 Å². The van der Waals surface area contributed by atoms with Gasteiger partial charge in [0.25, 0.3) is 0 Å². The number of ether oxygens (including phenoxy) is 1. The van der Waals surface area contributed by atoms with Crippen LogP contribution in [0.1, 0.15) is 38.2 Å². The van der Waals surface area contributed by atoms with Crippen molar-refractivity contribution in [3.8, 4) is 0 Å². The number of hydrogen-bond acceptors (Lipinski definition) is 4. The van der Waals surface area contributed by atoms with Gasteiger partial charge >= 0.3 is 6.03 Å². The molecule has 1 aromatic rings. The molecule has 0 saturated carbocycles. The van der Waals surface area contributed by atoms with Crippen molar-refractivity contribution in [3.05, 3.63) is 35.9 Å². The normalized spacial score (nSPS) is 26.2. The fraction of sp³-hybridized carbons (Fsp3) is 0.636. The Morgan fingerprint density at radius 1 is 1.21 bits per heavy atom. The first-order chi connectivity index (χ1) is 14.0. The molecule has 29 heavy (non-hydrogen) atoms. The van der Waals surface area contributed by atoms with Gasteiger partial charge in [0.05, 0.1) is 18.2 Å². The van der Waals surface area contributed by atoms with Crippen LogP contribution in [-0.2, 0) is 9.53 Å². The SMILES string of the molecule is CC(C)NC(=O)N1CC2(C1)[C@H](c1ccccc1)[C@H](CO)N2C(=O)C1CCOCC1. The van der Waals surface area contributed by atoms with Crippen LogP contribution in [-0.4, -0.2) is 77.4 Å². The molecule has 1 spiro atoms. The number of aliphatic hydroxyl groups is 1. The number of urea groups is 1. The average molecular weight is 402 g/mol. The maximum Gasteiger partial charge on any atom is 0.317 e. The molecule has 7 heteroatoms. The molecule has 7 nitrogen and oxygen atoms in total. The lowest BCUT2D eigenvalue weighted by Gasteiger charge is -2.70. The molecule has 3 aliphatic heterocycles. The number of rotatable bonds is 4. The molecule has 3 aliphatic rings. The number of aliphatic hydroxyl groups excluding tert-OH is 1. The van der Waals surface area contributed by atoms with Gasteiger partial charge in [0.1, 0.15) is 0 Å². The van der Waals surface area contributed by atoms with E-state index in [4.69, 9.17) is 4.74 Å². The van der Waals surface area contributed by atoms with Crippen molar-refractivity contribution in [2.24, 2.45) is 5.92 Å². The number of benzene rings is 1. The summed E-state index contributed by atoms with van der Waals surface area (Å²) in [5.41, 5.74) is 0.685. The standard InChI is InChI=1S/C22H31N3O4/c1-15(2)23-21(28)24-13-22(14-24)19(16-6-4-3-5-7-16)18(12-26)25(22)20(27)17-8-10-29-11-9-17/h3-7,15,17-19,26H,8-14H2,1-2H3,(H,23,28)/t18-,19+/m0/s1. The maximum atomic E-state index is 13.4. The van der Waals surface area contributed by atoms with Gasteiger partial charge in [-0.25, -0.2) is 4.79 Å². The average Bonchev–Trinajstić information content (AvgIpc) is 2.67. The number of carbonyl (C=O) groups is 2. The Morgan fingerprint density at radius 2 is 1.86 bits per heavy atom. The molecule has 4 rings (SSSR count). The maximum absolute atomic E-state index is 13.4. The zero-order chi connectivity index (χ0) is 20.6. The highest BCUT2D eigenvalue weighted by Crippen LogP contribution is 2.54. The molecule has 3 heterocycles. The minimum atomic E-state index is -0.432. The topological polar surface area (TPSA) is 82.1 Å². The molecule has 0 aromatic heterocycles. The highest BCUT2D eigenvalue weighted by atomic mass is 16.5. The fourth-order valence-corrected chi connectivity index (χ4v) is 5.25. The third-order valence-corrected chi connectivity index (χ3v) is 6.56. The van der Waals surface area contributed by atoms with E-state index in [1.54, 1.807) is 4.90 Å². The summed E-state index contributed by atoms with van der Waals surface area (Å²) in [5, 5.41) is 13.1. The predicted molar refractivity (Wildman–Crippen MR) is 108 cm³/mol. The molecule has 0 bridgehead atoms. The number of carbonyl (C=O) groups excluding carboxylic acids is 2. The molecule has 2 atom stereocenters. The van der Waals surface area contributed by atoms with E-state index in [0.717, 1.165) is 18.4 Å². The van der Waals surface area contributed by atoms with Gasteiger partial charge in [0, 0.05) is 44.2 Å². The summed E-state index contributed by atoms with van der Waals surface area (Å²) in [6.45, 7) is 6.00. The highest BCUT2D eigenvalue weighted by molar-refractivity contribution is 5.84. The summed E-state index contributed by atoms with van der Waals surface area (Å²) < 4.78 is 5.42. The first-order valence-corrected chi connectivity index (χ1v) is 10.6. The quantitative estimate of drug-likeness (QED) is 0.803. The van der Waals surface area contributed by atoms with E-state index in [9.17, 15) is 14.7 Å². The molecule has 3 amide bonds. The van der Waals surface area contributed by atoms with Crippen molar-refractivity contribution in [2.45, 2.75) is 50.2 Å². The van der Waals surface area contributed by atoms with E-state index < -0.39 is 5.54 Å². The van der Waals surface area contributed by atoms with Crippen LogP contribution in [0.5, 0.6) is 0 Å². The molecule has 3 fully saturated rings. The lowest BCUT2D eigenvalue weighted by atomic mass is 9.60. The summed E-state index contributed by atoms with van der Waals surface area (Å²) in [5.74, 6) is 0.0639. The Kier molecular flexibility index (Phi) is 5.53. The second-order valence-electron chi connectivity index (χ2n) is 8.80. The molecular weight excluding hydrogens is 370 g/mol. The Hall–Kier alpha value is -2.12. The third-order valence-electron chi connectivity index (χ3n) is 6.56. The molecule has 3 saturated heterocycles. The number of nitrogens with one attached hydrogen (secondary N) is 1. The lowest BCUT2D eigenvalue weighted by molar-refractivity contribution is -0.198. The first kappa shape index (κ1) is 20.2. The van der Waals surface area contributed by atoms with Gasteiger partial charge in [0.15, 0.2) is 0 Å². The fourth-order valence-electron chi connectivity index (χ4n) is 5.25. The zero-order valence-corrected chi connectivity index (χ0v) is 17.2. The molecule has 2 N–H and O–H groups in total. The van der Waals surface area contributed by atoms with E-state index in [1.807, 2.05) is 36.9 Å². The largest absolute Gasteiger partial charge is 0.394 e. The molecule has 0 aliphatic carbocycles. The summed E-state index contributed by atoms with van der Waals surface area (Å²) in [4.78, 5) is 29.6. The second-order valence-corrected chi connectivity index (χ2v) is 8.80. The Bertz CT molecular complexity index is 742. The zero-order valence-electron chi connectivity index (χ0n) is 17.2. The van der Waals surface area contributed by atoms with Gasteiger partial charge in [-0.05, 0) is 32.3 Å². The number of likely N-dealkylation sites (tertiary alicyclic amines) is 2. The molecule has 1 aromatic carbocycles. The van der Waals surface area contributed by atoms with Crippen LogP contribution in [0, 0.1) is 5.92 Å². The van der Waals surface area contributed by atoms with E-state index in [-0.39, 0.29) is 42.5 Å². The van der Waals surface area contributed by atoms with Gasteiger partial charge in [-0.1, -0.05) is 30.3 Å². The van der Waals surface area contributed by atoms with Gasteiger partial charge in [-0.15, -0.1) is 0 Å². The van der Waals surface area contributed by atoms with Crippen LogP contribution in [0.2, 0.25) is 0 Å². The smallest absolute Gasteiger partial charge is 0.317 e. The van der Waals surface area contributed by atoms with Crippen LogP contribution in [0.4, 0.5) is 4.79 Å². The van der Waals surface area contributed by atoms with E-state index in [0.29, 0.717) is 26.3 Å². The number of nitrogens with zero attached hydrogens (tertiary/aromatic N) is 2. The molecule has 158 valence electrons. The van der Waals surface area contributed by atoms with Crippen molar-refractivity contribution >= 4 is 11.9 Å². The van der Waals surface area contributed by atoms with E-state index >= 15 is 0 Å². The Morgan fingerprint density at radius 3 is 2.45 bits per heavy atom. The second kappa shape index (κ2) is 7.95. The van der Waals surface area contributed by atoms with Crippen LogP contribution in [0.15, 0.2) is 30.3 Å². The predicted octanol–water partition coefficient (Wildman–Crippen LogP) is 1.57. The minimum Gasteiger partial charge on any atom is -0.394 e. The lowest BCUT2D eigenvalue weighted by Crippen LogP contribution is -2.86. The van der Waals surface area contributed by atoms with Crippen molar-refractivity contribution < 1.29 is 19.4 Å². The van der Waals surface area contributed by atoms with Crippen LogP contribution in [0.25, 0.3) is 0 Å².